The number of benzene rings is 1. The molecule has 0 amide bonds. The number of hydrogen-bond acceptors (Lipinski definition) is 5. The van der Waals surface area contributed by atoms with Crippen molar-refractivity contribution in [2.45, 2.75) is 19.9 Å². The van der Waals surface area contributed by atoms with Gasteiger partial charge in [-0.2, -0.15) is 0 Å². The van der Waals surface area contributed by atoms with Gasteiger partial charge in [0.25, 0.3) is 5.69 Å². The van der Waals surface area contributed by atoms with Crippen LogP contribution in [0.2, 0.25) is 0 Å². The molecule has 0 radical (unpaired) electrons. The molecule has 0 fully saturated rings. The first-order valence-corrected chi connectivity index (χ1v) is 4.74. The zero-order chi connectivity index (χ0) is 12.5. The van der Waals surface area contributed by atoms with Crippen LogP contribution in [0.3, 0.4) is 0 Å². The van der Waals surface area contributed by atoms with Crippen LogP contribution >= 0.6 is 0 Å². The van der Waals surface area contributed by atoms with Gasteiger partial charge in [-0.25, -0.2) is 0 Å². The summed E-state index contributed by atoms with van der Waals surface area (Å²) in [6.07, 6.45) is 0. The van der Waals surface area contributed by atoms with Crippen LogP contribution in [0.1, 0.15) is 22.7 Å². The van der Waals surface area contributed by atoms with Gasteiger partial charge in [-0.1, -0.05) is 0 Å². The summed E-state index contributed by atoms with van der Waals surface area (Å²) in [6, 6.07) is 0.468. The van der Waals surface area contributed by atoms with Gasteiger partial charge in [0, 0.05) is 16.7 Å². The van der Waals surface area contributed by atoms with Crippen molar-refractivity contribution in [3.05, 3.63) is 32.9 Å². The van der Waals surface area contributed by atoms with Gasteiger partial charge in [0.05, 0.1) is 17.6 Å². The van der Waals surface area contributed by atoms with E-state index in [-0.39, 0.29) is 23.6 Å². The van der Waals surface area contributed by atoms with Gasteiger partial charge in [0.1, 0.15) is 5.75 Å². The van der Waals surface area contributed by atoms with Crippen LogP contribution in [-0.2, 0) is 0 Å². The second-order valence-corrected chi connectivity index (χ2v) is 3.65. The summed E-state index contributed by atoms with van der Waals surface area (Å²) in [7, 11) is 0. The lowest BCUT2D eigenvalue weighted by Gasteiger charge is -2.15. The SMILES string of the molecule is Cc1cc(O)c([C@H](N)CO)c(C)c1[N+](=O)[O-]. The topological polar surface area (TPSA) is 110 Å². The molecular formula is C10H14N2O4. The number of aryl methyl sites for hydroxylation is 1. The van der Waals surface area contributed by atoms with Crippen LogP contribution in [0.5, 0.6) is 5.75 Å². The minimum Gasteiger partial charge on any atom is -0.508 e. The maximum atomic E-state index is 10.8. The molecule has 0 aliphatic rings. The fraction of sp³-hybridized carbons (Fsp3) is 0.400. The number of aromatic hydroxyl groups is 1. The molecule has 0 spiro atoms. The number of nitrogens with zero attached hydrogens (tertiary/aromatic N) is 1. The molecule has 6 heteroatoms. The van der Waals surface area contributed by atoms with Gasteiger partial charge in [0.15, 0.2) is 0 Å². The van der Waals surface area contributed by atoms with E-state index in [1.165, 1.54) is 13.0 Å². The zero-order valence-electron chi connectivity index (χ0n) is 9.10. The van der Waals surface area contributed by atoms with Crippen LogP contribution in [0.25, 0.3) is 0 Å². The van der Waals surface area contributed by atoms with E-state index in [1.54, 1.807) is 6.92 Å². The maximum Gasteiger partial charge on any atom is 0.275 e. The molecule has 0 bridgehead atoms. The Hall–Kier alpha value is -1.66. The van der Waals surface area contributed by atoms with Crippen molar-refractivity contribution >= 4 is 5.69 Å². The molecule has 0 saturated heterocycles. The van der Waals surface area contributed by atoms with Crippen LogP contribution in [0.15, 0.2) is 6.07 Å². The fourth-order valence-corrected chi connectivity index (χ4v) is 1.81. The van der Waals surface area contributed by atoms with E-state index in [1.807, 2.05) is 0 Å². The molecule has 0 heterocycles. The van der Waals surface area contributed by atoms with Crippen molar-refractivity contribution in [1.82, 2.24) is 0 Å². The van der Waals surface area contributed by atoms with Crippen LogP contribution in [-0.4, -0.2) is 21.7 Å². The van der Waals surface area contributed by atoms with Gasteiger partial charge in [-0.3, -0.25) is 10.1 Å². The highest BCUT2D eigenvalue weighted by Gasteiger charge is 2.23. The first-order chi connectivity index (χ1) is 7.40. The monoisotopic (exact) mass is 226 g/mol. The molecule has 6 nitrogen and oxygen atoms in total. The van der Waals surface area contributed by atoms with Crippen LogP contribution < -0.4 is 5.73 Å². The predicted octanol–water partition coefficient (Wildman–Crippen LogP) is 0.909. The summed E-state index contributed by atoms with van der Waals surface area (Å²) in [6.45, 7) is 2.67. The van der Waals surface area contributed by atoms with E-state index in [0.29, 0.717) is 11.1 Å². The molecule has 16 heavy (non-hydrogen) atoms. The number of phenolic OH excluding ortho intramolecular Hbond substituents is 1. The molecule has 1 rings (SSSR count). The molecular weight excluding hydrogens is 212 g/mol. The summed E-state index contributed by atoms with van der Waals surface area (Å²) in [5.74, 6) is -0.123. The van der Waals surface area contributed by atoms with E-state index in [4.69, 9.17) is 10.8 Å². The van der Waals surface area contributed by atoms with Gasteiger partial charge < -0.3 is 15.9 Å². The first-order valence-electron chi connectivity index (χ1n) is 4.74. The third-order valence-corrected chi connectivity index (χ3v) is 2.51. The Labute approximate surface area is 92.5 Å². The highest BCUT2D eigenvalue weighted by Crippen LogP contribution is 2.35. The summed E-state index contributed by atoms with van der Waals surface area (Å²) in [5, 5.41) is 29.4. The number of nitro groups is 1. The molecule has 4 N–H and O–H groups in total. The average Bonchev–Trinajstić information content (AvgIpc) is 2.15. The smallest absolute Gasteiger partial charge is 0.275 e. The van der Waals surface area contributed by atoms with Crippen molar-refractivity contribution in [2.24, 2.45) is 5.73 Å². The lowest BCUT2D eigenvalue weighted by atomic mass is 9.96. The lowest BCUT2D eigenvalue weighted by molar-refractivity contribution is -0.386. The van der Waals surface area contributed by atoms with Gasteiger partial charge in [0.2, 0.25) is 0 Å². The lowest BCUT2D eigenvalue weighted by Crippen LogP contribution is -2.17. The Kier molecular flexibility index (Phi) is 3.46. The number of rotatable bonds is 3. The quantitative estimate of drug-likeness (QED) is 0.524. The Morgan fingerprint density at radius 1 is 1.56 bits per heavy atom. The van der Waals surface area contributed by atoms with Gasteiger partial charge in [-0.05, 0) is 19.9 Å². The number of hydrogen-bond donors (Lipinski definition) is 3. The Balaban J connectivity index is 3.51. The minimum absolute atomic E-state index is 0.0725. The van der Waals surface area contributed by atoms with Crippen molar-refractivity contribution in [1.29, 1.82) is 0 Å². The number of nitro benzene ring substituents is 1. The van der Waals surface area contributed by atoms with E-state index in [9.17, 15) is 15.2 Å². The third kappa shape index (κ3) is 1.98. The van der Waals surface area contributed by atoms with E-state index in [0.717, 1.165) is 0 Å². The maximum absolute atomic E-state index is 10.8. The van der Waals surface area contributed by atoms with Crippen molar-refractivity contribution in [3.63, 3.8) is 0 Å². The second-order valence-electron chi connectivity index (χ2n) is 3.65. The fourth-order valence-electron chi connectivity index (χ4n) is 1.81. The molecule has 88 valence electrons. The number of nitrogens with two attached hydrogens (primary N) is 1. The van der Waals surface area contributed by atoms with Gasteiger partial charge in [-0.15, -0.1) is 0 Å². The molecule has 1 aromatic carbocycles. The average molecular weight is 226 g/mol. The predicted molar refractivity (Wildman–Crippen MR) is 58.2 cm³/mol. The third-order valence-electron chi connectivity index (χ3n) is 2.51. The molecule has 0 unspecified atom stereocenters. The van der Waals surface area contributed by atoms with Crippen molar-refractivity contribution < 1.29 is 15.1 Å². The standard InChI is InChI=1S/C10H14N2O4/c1-5-3-8(14)9(7(11)4-13)6(2)10(5)12(15)16/h3,7,13-14H,4,11H2,1-2H3/t7-/m1/s1. The van der Waals surface area contributed by atoms with E-state index < -0.39 is 11.0 Å². The number of aliphatic hydroxyl groups excluding tert-OH is 1. The van der Waals surface area contributed by atoms with E-state index >= 15 is 0 Å². The number of aliphatic hydroxyl groups is 1. The van der Waals surface area contributed by atoms with Gasteiger partial charge >= 0.3 is 0 Å². The summed E-state index contributed by atoms with van der Waals surface area (Å²) < 4.78 is 0. The molecule has 0 aromatic heterocycles. The largest absolute Gasteiger partial charge is 0.508 e. The molecule has 0 aliphatic carbocycles. The van der Waals surface area contributed by atoms with Crippen LogP contribution in [0, 0.1) is 24.0 Å². The minimum atomic E-state index is -0.820. The van der Waals surface area contributed by atoms with Crippen LogP contribution in [0.4, 0.5) is 5.69 Å². The summed E-state index contributed by atoms with van der Waals surface area (Å²) >= 11 is 0. The highest BCUT2D eigenvalue weighted by atomic mass is 16.6. The Morgan fingerprint density at radius 2 is 2.12 bits per heavy atom. The normalized spacial score (nSPS) is 12.5. The molecule has 0 saturated carbocycles. The zero-order valence-corrected chi connectivity index (χ0v) is 9.10. The Bertz CT molecular complexity index is 431. The summed E-state index contributed by atoms with van der Waals surface area (Å²) in [4.78, 5) is 10.3. The van der Waals surface area contributed by atoms with Crippen molar-refractivity contribution in [3.8, 4) is 5.75 Å². The van der Waals surface area contributed by atoms with Crippen molar-refractivity contribution in [2.75, 3.05) is 6.61 Å². The summed E-state index contributed by atoms with van der Waals surface area (Å²) in [5.41, 5.74) is 6.40. The second kappa shape index (κ2) is 4.46. The van der Waals surface area contributed by atoms with E-state index in [2.05, 4.69) is 0 Å². The molecule has 1 atom stereocenters. The first kappa shape index (κ1) is 12.4. The molecule has 1 aromatic rings. The number of phenols is 1. The Morgan fingerprint density at radius 3 is 2.56 bits per heavy atom. The molecule has 0 aliphatic heterocycles. The highest BCUT2D eigenvalue weighted by molar-refractivity contribution is 5.57.